The Balaban J connectivity index is 1.52. The molecule has 3 unspecified atom stereocenters. The molecule has 0 aliphatic carbocycles. The third-order valence-electron chi connectivity index (χ3n) is 6.29. The van der Waals surface area contributed by atoms with Crippen molar-refractivity contribution < 1.29 is 58.7 Å². The number of carboxylic acid groups (broad SMARTS) is 2. The van der Waals surface area contributed by atoms with Gasteiger partial charge in [-0.2, -0.15) is 0 Å². The zero-order valence-electron chi connectivity index (χ0n) is 23.0. The Labute approximate surface area is 243 Å². The number of urea groups is 1. The molecule has 0 aromatic heterocycles. The number of aliphatic hydroxyl groups is 1. The minimum Gasteiger partial charge on any atom is -0.507 e. The van der Waals surface area contributed by atoms with E-state index in [9.17, 15) is 39.5 Å². The van der Waals surface area contributed by atoms with Gasteiger partial charge in [0.2, 0.25) is 6.29 Å². The Morgan fingerprint density at radius 1 is 1.07 bits per heavy atom. The lowest BCUT2D eigenvalue weighted by atomic mass is 10.1. The number of phenols is 1. The van der Waals surface area contributed by atoms with Gasteiger partial charge in [0.05, 0.1) is 11.0 Å². The van der Waals surface area contributed by atoms with Crippen molar-refractivity contribution in [3.63, 3.8) is 0 Å². The van der Waals surface area contributed by atoms with E-state index >= 15 is 0 Å². The molecule has 5 N–H and O–H groups in total. The molecule has 3 atom stereocenters. The summed E-state index contributed by atoms with van der Waals surface area (Å²) in [6.45, 7) is -0.247. The number of nitro benzene ring substituents is 1. The van der Waals surface area contributed by atoms with E-state index in [0.717, 1.165) is 18.2 Å². The molecule has 0 spiro atoms. The average Bonchev–Trinajstić information content (AvgIpc) is 2.95. The van der Waals surface area contributed by atoms with Crippen LogP contribution in [0.2, 0.25) is 0 Å². The van der Waals surface area contributed by atoms with Gasteiger partial charge in [-0.15, -0.1) is 0 Å². The fraction of sp³-hybridized carbons (Fsp3) is 0.385. The molecule has 3 rings (SSSR count). The predicted octanol–water partition coefficient (Wildman–Crippen LogP) is 2.06. The molecule has 17 nitrogen and oxygen atoms in total. The Bertz CT molecular complexity index is 1380. The third kappa shape index (κ3) is 8.91. The lowest BCUT2D eigenvalue weighted by molar-refractivity contribution is -0.386. The molecule has 2 aromatic carbocycles. The average molecular weight is 607 g/mol. The number of aliphatic carboxylic acids is 1. The number of nitrogens with zero attached hydrogens (tertiary/aromatic N) is 3. The second-order valence-corrected chi connectivity index (χ2v) is 9.56. The number of nitrogens with one attached hydrogen (secondary N) is 1. The van der Waals surface area contributed by atoms with Gasteiger partial charge in [-0.05, 0) is 29.8 Å². The lowest BCUT2D eigenvalue weighted by Crippen LogP contribution is -2.42. The first-order valence-electron chi connectivity index (χ1n) is 12.7. The van der Waals surface area contributed by atoms with Crippen LogP contribution in [0, 0.1) is 10.1 Å². The number of aromatic carboxylic acids is 1. The van der Waals surface area contributed by atoms with Crippen LogP contribution in [0.3, 0.4) is 0 Å². The van der Waals surface area contributed by atoms with E-state index in [0.29, 0.717) is 0 Å². The van der Waals surface area contributed by atoms with Gasteiger partial charge in [-0.3, -0.25) is 10.1 Å². The van der Waals surface area contributed by atoms with Crippen molar-refractivity contribution in [2.45, 2.75) is 37.9 Å². The van der Waals surface area contributed by atoms with Crippen LogP contribution in [-0.4, -0.2) is 105 Å². The van der Waals surface area contributed by atoms with E-state index in [1.807, 2.05) is 0 Å². The number of amides is 3. The zero-order chi connectivity index (χ0) is 31.8. The molecule has 1 aliphatic rings. The van der Waals surface area contributed by atoms with Crippen LogP contribution in [0.4, 0.5) is 21.0 Å². The highest BCUT2D eigenvalue weighted by atomic mass is 16.7. The second-order valence-electron chi connectivity index (χ2n) is 9.56. The Hall–Kier alpha value is -5.16. The van der Waals surface area contributed by atoms with Crippen molar-refractivity contribution in [3.8, 4) is 11.5 Å². The molecule has 1 aliphatic heterocycles. The van der Waals surface area contributed by atoms with Gasteiger partial charge in [0.1, 0.15) is 17.9 Å². The van der Waals surface area contributed by atoms with Crippen molar-refractivity contribution in [1.82, 2.24) is 9.80 Å². The molecular weight excluding hydrogens is 576 g/mol. The summed E-state index contributed by atoms with van der Waals surface area (Å²) < 4.78 is 15.9. The first-order chi connectivity index (χ1) is 20.2. The maximum atomic E-state index is 12.4. The molecule has 232 valence electrons. The second kappa shape index (κ2) is 14.1. The first kappa shape index (κ1) is 32.4. The van der Waals surface area contributed by atoms with E-state index in [1.54, 1.807) is 0 Å². The van der Waals surface area contributed by atoms with Crippen LogP contribution in [-0.2, 0) is 20.9 Å². The van der Waals surface area contributed by atoms with Gasteiger partial charge >= 0.3 is 29.8 Å². The monoisotopic (exact) mass is 606 g/mol. The molecule has 2 aromatic rings. The van der Waals surface area contributed by atoms with Gasteiger partial charge < -0.3 is 49.8 Å². The summed E-state index contributed by atoms with van der Waals surface area (Å²) in [5.74, 6) is -3.35. The van der Waals surface area contributed by atoms with Crippen molar-refractivity contribution in [2.24, 2.45) is 0 Å². The van der Waals surface area contributed by atoms with E-state index in [4.69, 9.17) is 24.4 Å². The first-order valence-corrected chi connectivity index (χ1v) is 12.7. The maximum absolute atomic E-state index is 12.4. The topological polar surface area (TPSA) is 239 Å². The Kier molecular flexibility index (Phi) is 10.6. The molecule has 1 saturated heterocycles. The van der Waals surface area contributed by atoms with Crippen LogP contribution >= 0.6 is 0 Å². The van der Waals surface area contributed by atoms with E-state index < -0.39 is 58.9 Å². The molecule has 0 saturated carbocycles. The number of carboxylic acids is 2. The van der Waals surface area contributed by atoms with E-state index in [1.165, 1.54) is 42.1 Å². The lowest BCUT2D eigenvalue weighted by Gasteiger charge is -2.30. The number of aromatic hydroxyl groups is 1. The molecule has 0 radical (unpaired) electrons. The SMILES string of the molecule is CN(CCN(C)C(=O)OCc1ccc(OC2CC(O)CC(C(=O)O)O2)c([N+](=O)[O-])c1)C(=O)Nc1ccc(O)c(C(=O)O)c1. The standard InChI is InChI=1S/C26H30N4O13/c1-28(25(37)27-15-4-5-19(32)17(10-15)23(33)34)7-8-29(2)26(38)41-13-14-3-6-20(18(9-14)30(39)40)42-22-12-16(31)11-21(43-22)24(35)36/h3-6,9-10,16,21-22,31-32H,7-8,11-13H2,1-2H3,(H,27,37)(H,33,34)(H,35,36). The molecule has 17 heteroatoms. The molecule has 1 fully saturated rings. The summed E-state index contributed by atoms with van der Waals surface area (Å²) >= 11 is 0. The Morgan fingerprint density at radius 2 is 1.77 bits per heavy atom. The minimum atomic E-state index is -1.37. The largest absolute Gasteiger partial charge is 0.507 e. The highest BCUT2D eigenvalue weighted by Gasteiger charge is 2.35. The minimum absolute atomic E-state index is 0.0379. The third-order valence-corrected chi connectivity index (χ3v) is 6.29. The van der Waals surface area contributed by atoms with Gasteiger partial charge in [0.15, 0.2) is 11.9 Å². The number of benzene rings is 2. The molecular formula is C26H30N4O13. The summed E-state index contributed by atoms with van der Waals surface area (Å²) in [6.07, 6.45) is -4.62. The van der Waals surface area contributed by atoms with Crippen LogP contribution in [0.15, 0.2) is 36.4 Å². The number of nitro groups is 1. The van der Waals surface area contributed by atoms with Crippen molar-refractivity contribution in [2.75, 3.05) is 32.5 Å². The maximum Gasteiger partial charge on any atom is 0.409 e. The van der Waals surface area contributed by atoms with Crippen LogP contribution in [0.1, 0.15) is 28.8 Å². The van der Waals surface area contributed by atoms with E-state index in [2.05, 4.69) is 5.32 Å². The number of ether oxygens (including phenoxy) is 3. The molecule has 1 heterocycles. The Morgan fingerprint density at radius 3 is 2.42 bits per heavy atom. The number of rotatable bonds is 11. The number of carbonyl (C=O) groups is 4. The fourth-order valence-electron chi connectivity index (χ4n) is 3.88. The quantitative estimate of drug-likeness (QED) is 0.140. The number of anilines is 1. The van der Waals surface area contributed by atoms with Crippen molar-refractivity contribution in [1.29, 1.82) is 0 Å². The number of carbonyl (C=O) groups excluding carboxylic acids is 2. The molecule has 0 bridgehead atoms. The van der Waals surface area contributed by atoms with Crippen molar-refractivity contribution in [3.05, 3.63) is 57.6 Å². The fourth-order valence-corrected chi connectivity index (χ4v) is 3.88. The number of aliphatic hydroxyl groups excluding tert-OH is 1. The summed E-state index contributed by atoms with van der Waals surface area (Å²) in [7, 11) is 2.85. The van der Waals surface area contributed by atoms with E-state index in [-0.39, 0.29) is 55.1 Å². The number of hydrogen-bond donors (Lipinski definition) is 5. The number of hydrogen-bond acceptors (Lipinski definition) is 11. The normalized spacial score (nSPS) is 17.8. The van der Waals surface area contributed by atoms with Gasteiger partial charge in [-0.25, -0.2) is 19.2 Å². The highest BCUT2D eigenvalue weighted by molar-refractivity contribution is 5.95. The van der Waals surface area contributed by atoms with Gasteiger partial charge in [0, 0.05) is 51.8 Å². The van der Waals surface area contributed by atoms with Gasteiger partial charge in [0.25, 0.3) is 0 Å². The van der Waals surface area contributed by atoms with Crippen LogP contribution in [0.25, 0.3) is 0 Å². The summed E-state index contributed by atoms with van der Waals surface area (Å²) in [6, 6.07) is 6.71. The van der Waals surface area contributed by atoms with Crippen LogP contribution in [0.5, 0.6) is 11.5 Å². The summed E-state index contributed by atoms with van der Waals surface area (Å²) in [4.78, 5) is 60.5. The van der Waals surface area contributed by atoms with Crippen molar-refractivity contribution >= 4 is 35.4 Å². The zero-order valence-corrected chi connectivity index (χ0v) is 23.0. The molecule has 43 heavy (non-hydrogen) atoms. The highest BCUT2D eigenvalue weighted by Crippen LogP contribution is 2.32. The van der Waals surface area contributed by atoms with Gasteiger partial charge in [-0.1, -0.05) is 6.07 Å². The smallest absolute Gasteiger partial charge is 0.409 e. The van der Waals surface area contributed by atoms with Crippen LogP contribution < -0.4 is 10.1 Å². The molecule has 3 amide bonds. The number of likely N-dealkylation sites (N-methyl/N-ethyl adjacent to an activating group) is 2. The predicted molar refractivity (Wildman–Crippen MR) is 145 cm³/mol. The summed E-state index contributed by atoms with van der Waals surface area (Å²) in [5.41, 5.74) is -0.491. The summed E-state index contributed by atoms with van der Waals surface area (Å²) in [5, 5.41) is 51.8.